The van der Waals surface area contributed by atoms with Crippen LogP contribution in [0.25, 0.3) is 0 Å². The predicted molar refractivity (Wildman–Crippen MR) is 58.0 cm³/mol. The number of aromatic nitrogens is 2. The van der Waals surface area contributed by atoms with Gasteiger partial charge in [0.2, 0.25) is 17.7 Å². The highest BCUT2D eigenvalue weighted by atomic mass is 35.5. The minimum Gasteiger partial charge on any atom is -0.423 e. The van der Waals surface area contributed by atoms with Crippen LogP contribution >= 0.6 is 11.6 Å². The Morgan fingerprint density at radius 3 is 2.56 bits per heavy atom. The molecule has 1 amide bonds. The molecule has 0 aromatic carbocycles. The van der Waals surface area contributed by atoms with E-state index in [9.17, 15) is 4.79 Å². The van der Waals surface area contributed by atoms with Crippen molar-refractivity contribution in [2.24, 2.45) is 0 Å². The van der Waals surface area contributed by atoms with Gasteiger partial charge in [-0.05, 0) is 19.3 Å². The first-order valence-corrected chi connectivity index (χ1v) is 5.98. The lowest BCUT2D eigenvalue weighted by Gasteiger charge is -2.26. The minimum absolute atomic E-state index is 0.0597. The van der Waals surface area contributed by atoms with Gasteiger partial charge in [-0.15, -0.1) is 21.8 Å². The van der Waals surface area contributed by atoms with Crippen LogP contribution in [0.2, 0.25) is 0 Å². The van der Waals surface area contributed by atoms with Crippen molar-refractivity contribution >= 4 is 17.5 Å². The van der Waals surface area contributed by atoms with Crippen LogP contribution in [0.3, 0.4) is 0 Å². The Labute approximate surface area is 98.8 Å². The van der Waals surface area contributed by atoms with Crippen molar-refractivity contribution < 1.29 is 9.21 Å². The highest BCUT2D eigenvalue weighted by Gasteiger charge is 2.19. The lowest BCUT2D eigenvalue weighted by atomic mass is 10.1. The van der Waals surface area contributed by atoms with E-state index in [1.165, 1.54) is 6.42 Å². The van der Waals surface area contributed by atoms with Crippen LogP contribution in [0, 0.1) is 0 Å². The number of hydrogen-bond acceptors (Lipinski definition) is 4. The molecule has 1 aliphatic heterocycles. The van der Waals surface area contributed by atoms with E-state index >= 15 is 0 Å². The molecular weight excluding hydrogens is 230 g/mol. The molecule has 0 saturated carbocycles. The zero-order chi connectivity index (χ0) is 11.4. The molecule has 5 nitrogen and oxygen atoms in total. The molecule has 16 heavy (non-hydrogen) atoms. The van der Waals surface area contributed by atoms with Gasteiger partial charge in [0.25, 0.3) is 0 Å². The van der Waals surface area contributed by atoms with Crippen molar-refractivity contribution in [3.63, 3.8) is 0 Å². The maximum Gasteiger partial charge on any atom is 0.231 e. The topological polar surface area (TPSA) is 59.2 Å². The van der Waals surface area contributed by atoms with Crippen LogP contribution in [-0.4, -0.2) is 34.1 Å². The number of nitrogens with zero attached hydrogens (tertiary/aromatic N) is 3. The van der Waals surface area contributed by atoms with Gasteiger partial charge in [0.05, 0.1) is 0 Å². The molecule has 1 saturated heterocycles. The summed E-state index contributed by atoms with van der Waals surface area (Å²) in [6, 6.07) is 0. The van der Waals surface area contributed by atoms with Crippen LogP contribution in [0.1, 0.15) is 31.0 Å². The van der Waals surface area contributed by atoms with Gasteiger partial charge < -0.3 is 9.32 Å². The third-order valence-corrected chi connectivity index (χ3v) is 2.86. The second kappa shape index (κ2) is 5.30. The standard InChI is InChI=1S/C10H14ClN3O2/c11-7-9-13-12-8(16-9)6-10(15)14-4-2-1-3-5-14/h1-7H2. The molecule has 2 heterocycles. The summed E-state index contributed by atoms with van der Waals surface area (Å²) in [5.41, 5.74) is 0. The van der Waals surface area contributed by atoms with Gasteiger partial charge in [0, 0.05) is 13.1 Å². The van der Waals surface area contributed by atoms with Gasteiger partial charge in [-0.3, -0.25) is 4.79 Å². The Balaban J connectivity index is 1.90. The molecule has 2 rings (SSSR count). The monoisotopic (exact) mass is 243 g/mol. The average molecular weight is 244 g/mol. The van der Waals surface area contributed by atoms with E-state index in [0.29, 0.717) is 11.8 Å². The summed E-state index contributed by atoms with van der Waals surface area (Å²) in [5, 5.41) is 7.49. The van der Waals surface area contributed by atoms with E-state index in [2.05, 4.69) is 10.2 Å². The third-order valence-electron chi connectivity index (χ3n) is 2.63. The van der Waals surface area contributed by atoms with E-state index in [4.69, 9.17) is 16.0 Å². The first-order valence-electron chi connectivity index (χ1n) is 5.44. The van der Waals surface area contributed by atoms with E-state index in [1.807, 2.05) is 4.90 Å². The number of carbonyl (C=O) groups excluding carboxylic acids is 1. The van der Waals surface area contributed by atoms with Crippen molar-refractivity contribution in [1.29, 1.82) is 0 Å². The van der Waals surface area contributed by atoms with Gasteiger partial charge in [0.1, 0.15) is 12.3 Å². The quantitative estimate of drug-likeness (QED) is 0.753. The number of piperidine rings is 1. The maximum atomic E-state index is 11.8. The zero-order valence-corrected chi connectivity index (χ0v) is 9.74. The van der Waals surface area contributed by atoms with Crippen LogP contribution in [0.15, 0.2) is 4.42 Å². The Morgan fingerprint density at radius 1 is 1.25 bits per heavy atom. The summed E-state index contributed by atoms with van der Waals surface area (Å²) in [7, 11) is 0. The molecule has 1 aromatic heterocycles. The Bertz CT molecular complexity index is 361. The fourth-order valence-electron chi connectivity index (χ4n) is 1.80. The summed E-state index contributed by atoms with van der Waals surface area (Å²) < 4.78 is 5.19. The summed E-state index contributed by atoms with van der Waals surface area (Å²) in [6.07, 6.45) is 3.57. The van der Waals surface area contributed by atoms with E-state index in [0.717, 1.165) is 25.9 Å². The maximum absolute atomic E-state index is 11.8. The molecule has 0 bridgehead atoms. The third kappa shape index (κ3) is 2.72. The smallest absolute Gasteiger partial charge is 0.231 e. The van der Waals surface area contributed by atoms with Crippen molar-refractivity contribution in [2.45, 2.75) is 31.6 Å². The van der Waals surface area contributed by atoms with Crippen molar-refractivity contribution in [3.8, 4) is 0 Å². The average Bonchev–Trinajstić information content (AvgIpc) is 2.78. The number of likely N-dealkylation sites (tertiary alicyclic amines) is 1. The molecule has 0 N–H and O–H groups in total. The number of halogens is 1. The van der Waals surface area contributed by atoms with Gasteiger partial charge in [-0.2, -0.15) is 0 Å². The predicted octanol–water partition coefficient (Wildman–Crippen LogP) is 1.36. The highest BCUT2D eigenvalue weighted by molar-refractivity contribution is 6.16. The first kappa shape index (κ1) is 11.4. The van der Waals surface area contributed by atoms with Crippen LogP contribution in [0.5, 0.6) is 0 Å². The van der Waals surface area contributed by atoms with Gasteiger partial charge in [0.15, 0.2) is 0 Å². The van der Waals surface area contributed by atoms with Crippen molar-refractivity contribution in [2.75, 3.05) is 13.1 Å². The van der Waals surface area contributed by atoms with Gasteiger partial charge in [-0.1, -0.05) is 0 Å². The van der Waals surface area contributed by atoms with E-state index < -0.39 is 0 Å². The molecule has 0 atom stereocenters. The molecule has 6 heteroatoms. The normalized spacial score (nSPS) is 16.4. The number of rotatable bonds is 3. The molecule has 1 fully saturated rings. The van der Waals surface area contributed by atoms with Crippen LogP contribution < -0.4 is 0 Å². The SMILES string of the molecule is O=C(Cc1nnc(CCl)o1)N1CCCCC1. The Kier molecular flexibility index (Phi) is 3.77. The minimum atomic E-state index is 0.0597. The molecule has 1 aliphatic rings. The second-order valence-corrected chi connectivity index (χ2v) is 4.11. The number of amides is 1. The Hall–Kier alpha value is -1.10. The van der Waals surface area contributed by atoms with E-state index in [-0.39, 0.29) is 18.2 Å². The fourth-order valence-corrected chi connectivity index (χ4v) is 1.91. The van der Waals surface area contributed by atoms with E-state index in [1.54, 1.807) is 0 Å². The van der Waals surface area contributed by atoms with Crippen LogP contribution in [0.4, 0.5) is 0 Å². The summed E-state index contributed by atoms with van der Waals surface area (Å²) in [6.45, 7) is 1.69. The second-order valence-electron chi connectivity index (χ2n) is 3.84. The zero-order valence-electron chi connectivity index (χ0n) is 8.99. The lowest BCUT2D eigenvalue weighted by molar-refractivity contribution is -0.131. The summed E-state index contributed by atoms with van der Waals surface area (Å²) >= 11 is 5.53. The number of carbonyl (C=O) groups is 1. The molecule has 0 unspecified atom stereocenters. The molecule has 1 aromatic rings. The Morgan fingerprint density at radius 2 is 1.94 bits per heavy atom. The number of alkyl halides is 1. The first-order chi connectivity index (χ1) is 7.79. The summed E-state index contributed by atoms with van der Waals surface area (Å²) in [4.78, 5) is 13.7. The van der Waals surface area contributed by atoms with Crippen molar-refractivity contribution in [3.05, 3.63) is 11.8 Å². The molecule has 88 valence electrons. The van der Waals surface area contributed by atoms with Gasteiger partial charge in [-0.25, -0.2) is 0 Å². The summed E-state index contributed by atoms with van der Waals surface area (Å²) in [5.74, 6) is 0.962. The molecule has 0 aliphatic carbocycles. The molecule has 0 spiro atoms. The van der Waals surface area contributed by atoms with Gasteiger partial charge >= 0.3 is 0 Å². The van der Waals surface area contributed by atoms with Crippen molar-refractivity contribution in [1.82, 2.24) is 15.1 Å². The largest absolute Gasteiger partial charge is 0.423 e. The lowest BCUT2D eigenvalue weighted by Crippen LogP contribution is -2.36. The molecule has 0 radical (unpaired) electrons. The highest BCUT2D eigenvalue weighted by Crippen LogP contribution is 2.11. The fraction of sp³-hybridized carbons (Fsp3) is 0.700. The molecular formula is C10H14ClN3O2. The number of hydrogen-bond donors (Lipinski definition) is 0. The van der Waals surface area contributed by atoms with Crippen LogP contribution in [-0.2, 0) is 17.1 Å².